The standard InChI is InChI=1S/C15H19FN2OS/c1-10-9-19-14(18-10)20-13-11(6-5-7-12(13)16)8-17-15(2,3)4/h5-7,9,17H,8H2,1-4H3. The van der Waals surface area contributed by atoms with E-state index < -0.39 is 0 Å². The molecule has 0 amide bonds. The number of hydrogen-bond donors (Lipinski definition) is 1. The van der Waals surface area contributed by atoms with E-state index in [9.17, 15) is 4.39 Å². The van der Waals surface area contributed by atoms with Crippen LogP contribution in [0.3, 0.4) is 0 Å². The molecule has 1 heterocycles. The Labute approximate surface area is 123 Å². The Morgan fingerprint density at radius 3 is 2.70 bits per heavy atom. The van der Waals surface area contributed by atoms with Gasteiger partial charge in [-0.1, -0.05) is 12.1 Å². The van der Waals surface area contributed by atoms with Crippen LogP contribution in [0.1, 0.15) is 32.0 Å². The first kappa shape index (κ1) is 15.1. The Balaban J connectivity index is 2.22. The number of halogens is 1. The molecule has 0 radical (unpaired) electrons. The molecule has 5 heteroatoms. The van der Waals surface area contributed by atoms with Gasteiger partial charge in [-0.25, -0.2) is 9.37 Å². The van der Waals surface area contributed by atoms with Gasteiger partial charge in [-0.2, -0.15) is 0 Å². The molecule has 0 unspecified atom stereocenters. The van der Waals surface area contributed by atoms with Crippen LogP contribution in [0.25, 0.3) is 0 Å². The number of aromatic nitrogens is 1. The SMILES string of the molecule is Cc1coc(Sc2c(F)cccc2CNC(C)(C)C)n1. The summed E-state index contributed by atoms with van der Waals surface area (Å²) in [5.74, 6) is -0.251. The van der Waals surface area contributed by atoms with Crippen molar-refractivity contribution in [1.82, 2.24) is 10.3 Å². The van der Waals surface area contributed by atoms with Crippen molar-refractivity contribution >= 4 is 11.8 Å². The molecule has 108 valence electrons. The molecule has 2 rings (SSSR count). The minimum atomic E-state index is -0.251. The van der Waals surface area contributed by atoms with E-state index in [0.717, 1.165) is 11.3 Å². The minimum Gasteiger partial charge on any atom is -0.439 e. The van der Waals surface area contributed by atoms with Crippen LogP contribution in [0, 0.1) is 12.7 Å². The molecule has 3 nitrogen and oxygen atoms in total. The Morgan fingerprint density at radius 1 is 1.35 bits per heavy atom. The molecule has 1 aromatic heterocycles. The monoisotopic (exact) mass is 294 g/mol. The maximum Gasteiger partial charge on any atom is 0.260 e. The molecule has 0 aliphatic rings. The molecule has 2 aromatic rings. The normalized spacial score (nSPS) is 11.8. The molecule has 0 aliphatic carbocycles. The predicted octanol–water partition coefficient (Wildman–Crippen LogP) is 4.16. The van der Waals surface area contributed by atoms with Gasteiger partial charge in [0.1, 0.15) is 12.1 Å². The van der Waals surface area contributed by atoms with Crippen LogP contribution in [0.4, 0.5) is 4.39 Å². The van der Waals surface area contributed by atoms with Gasteiger partial charge in [0.25, 0.3) is 5.22 Å². The lowest BCUT2D eigenvalue weighted by Gasteiger charge is -2.21. The summed E-state index contributed by atoms with van der Waals surface area (Å²) < 4.78 is 19.3. The van der Waals surface area contributed by atoms with E-state index >= 15 is 0 Å². The lowest BCUT2D eigenvalue weighted by molar-refractivity contribution is 0.420. The van der Waals surface area contributed by atoms with Gasteiger partial charge in [0.05, 0.1) is 10.6 Å². The van der Waals surface area contributed by atoms with E-state index in [1.165, 1.54) is 17.8 Å². The van der Waals surface area contributed by atoms with Crippen LogP contribution >= 0.6 is 11.8 Å². The quantitative estimate of drug-likeness (QED) is 0.919. The summed E-state index contributed by atoms with van der Waals surface area (Å²) in [7, 11) is 0. The Kier molecular flexibility index (Phi) is 4.50. The number of hydrogen-bond acceptors (Lipinski definition) is 4. The highest BCUT2D eigenvalue weighted by molar-refractivity contribution is 7.99. The molecule has 0 aliphatic heterocycles. The highest BCUT2D eigenvalue weighted by Crippen LogP contribution is 2.32. The van der Waals surface area contributed by atoms with Crippen LogP contribution < -0.4 is 5.32 Å². The second-order valence-electron chi connectivity index (χ2n) is 5.69. The smallest absolute Gasteiger partial charge is 0.260 e. The first-order valence-corrected chi connectivity index (χ1v) is 7.29. The van der Waals surface area contributed by atoms with Crippen molar-refractivity contribution in [2.75, 3.05) is 0 Å². The van der Waals surface area contributed by atoms with Gasteiger partial charge in [0, 0.05) is 12.1 Å². The molecule has 0 atom stereocenters. The van der Waals surface area contributed by atoms with Crippen molar-refractivity contribution in [3.05, 3.63) is 41.5 Å². The lowest BCUT2D eigenvalue weighted by Crippen LogP contribution is -2.35. The number of nitrogens with one attached hydrogen (secondary N) is 1. The van der Waals surface area contributed by atoms with Crippen LogP contribution in [0.5, 0.6) is 0 Å². The average molecular weight is 294 g/mol. The first-order chi connectivity index (χ1) is 9.35. The van der Waals surface area contributed by atoms with Gasteiger partial charge in [0.15, 0.2) is 0 Å². The second-order valence-corrected chi connectivity index (χ2v) is 6.65. The van der Waals surface area contributed by atoms with E-state index in [2.05, 4.69) is 31.1 Å². The summed E-state index contributed by atoms with van der Waals surface area (Å²) in [6.07, 6.45) is 1.57. The molecular weight excluding hydrogens is 275 g/mol. The van der Waals surface area contributed by atoms with Gasteiger partial charge >= 0.3 is 0 Å². The molecule has 20 heavy (non-hydrogen) atoms. The molecular formula is C15H19FN2OS. The zero-order chi connectivity index (χ0) is 14.8. The second kappa shape index (κ2) is 5.97. The van der Waals surface area contributed by atoms with Crippen molar-refractivity contribution in [3.63, 3.8) is 0 Å². The number of nitrogens with zero attached hydrogens (tertiary/aromatic N) is 1. The van der Waals surface area contributed by atoms with E-state index in [-0.39, 0.29) is 11.4 Å². The molecule has 0 saturated carbocycles. The summed E-state index contributed by atoms with van der Waals surface area (Å²) in [5, 5.41) is 3.83. The average Bonchev–Trinajstić information content (AvgIpc) is 2.75. The van der Waals surface area contributed by atoms with Gasteiger partial charge in [-0.15, -0.1) is 0 Å². The maximum atomic E-state index is 14.0. The largest absolute Gasteiger partial charge is 0.439 e. The fourth-order valence-corrected chi connectivity index (χ4v) is 2.53. The summed E-state index contributed by atoms with van der Waals surface area (Å²) in [4.78, 5) is 4.77. The van der Waals surface area contributed by atoms with Crippen molar-refractivity contribution in [2.45, 2.75) is 49.9 Å². The zero-order valence-electron chi connectivity index (χ0n) is 12.2. The van der Waals surface area contributed by atoms with Gasteiger partial charge in [-0.3, -0.25) is 0 Å². The number of rotatable bonds is 4. The van der Waals surface area contributed by atoms with Gasteiger partial charge in [-0.05, 0) is 51.1 Å². The minimum absolute atomic E-state index is 0.0201. The van der Waals surface area contributed by atoms with Gasteiger partial charge in [0.2, 0.25) is 0 Å². The third kappa shape index (κ3) is 4.08. The fourth-order valence-electron chi connectivity index (χ4n) is 1.63. The molecule has 0 bridgehead atoms. The summed E-state index contributed by atoms with van der Waals surface area (Å²) >= 11 is 1.22. The van der Waals surface area contributed by atoms with E-state index in [0.29, 0.717) is 16.7 Å². The maximum absolute atomic E-state index is 14.0. The number of benzene rings is 1. The van der Waals surface area contributed by atoms with Crippen molar-refractivity contribution in [1.29, 1.82) is 0 Å². The predicted molar refractivity (Wildman–Crippen MR) is 78.4 cm³/mol. The molecule has 0 saturated heterocycles. The number of aryl methyl sites for hydroxylation is 1. The molecule has 1 aromatic carbocycles. The zero-order valence-corrected chi connectivity index (χ0v) is 13.0. The van der Waals surface area contributed by atoms with E-state index in [1.54, 1.807) is 12.3 Å². The van der Waals surface area contributed by atoms with E-state index in [4.69, 9.17) is 4.42 Å². The lowest BCUT2D eigenvalue weighted by atomic mass is 10.1. The van der Waals surface area contributed by atoms with Crippen molar-refractivity contribution < 1.29 is 8.81 Å². The summed E-state index contributed by atoms with van der Waals surface area (Å²) in [5.41, 5.74) is 1.67. The molecule has 1 N–H and O–H groups in total. The van der Waals surface area contributed by atoms with Crippen LogP contribution in [-0.2, 0) is 6.54 Å². The fraction of sp³-hybridized carbons (Fsp3) is 0.400. The third-order valence-corrected chi connectivity index (χ3v) is 3.67. The van der Waals surface area contributed by atoms with Crippen LogP contribution in [0.2, 0.25) is 0 Å². The van der Waals surface area contributed by atoms with Crippen molar-refractivity contribution in [2.24, 2.45) is 0 Å². The first-order valence-electron chi connectivity index (χ1n) is 6.47. The topological polar surface area (TPSA) is 38.1 Å². The van der Waals surface area contributed by atoms with E-state index in [1.807, 2.05) is 13.0 Å². The van der Waals surface area contributed by atoms with Crippen molar-refractivity contribution in [3.8, 4) is 0 Å². The third-order valence-electron chi connectivity index (χ3n) is 2.65. The molecule has 0 spiro atoms. The number of oxazole rings is 1. The highest BCUT2D eigenvalue weighted by atomic mass is 32.2. The van der Waals surface area contributed by atoms with Gasteiger partial charge < -0.3 is 9.73 Å². The Morgan fingerprint density at radius 2 is 2.10 bits per heavy atom. The summed E-state index contributed by atoms with van der Waals surface area (Å²) in [6, 6.07) is 5.10. The molecule has 0 fully saturated rings. The highest BCUT2D eigenvalue weighted by Gasteiger charge is 2.15. The van der Waals surface area contributed by atoms with Crippen LogP contribution in [-0.4, -0.2) is 10.5 Å². The summed E-state index contributed by atoms with van der Waals surface area (Å²) in [6.45, 7) is 8.68. The van der Waals surface area contributed by atoms with Crippen LogP contribution in [0.15, 0.2) is 39.0 Å². The Hall–Kier alpha value is -1.33. The Bertz CT molecular complexity index is 590.